The summed E-state index contributed by atoms with van der Waals surface area (Å²) < 4.78 is 0. The number of nitrogens with one attached hydrogen (secondary N) is 1. The molecular formula is C23H29N3O2. The lowest BCUT2D eigenvalue weighted by molar-refractivity contribution is -0.134. The summed E-state index contributed by atoms with van der Waals surface area (Å²) in [5.41, 5.74) is 2.26. The van der Waals surface area contributed by atoms with Crippen LogP contribution in [0.1, 0.15) is 30.0 Å². The van der Waals surface area contributed by atoms with Gasteiger partial charge in [0.05, 0.1) is 18.6 Å². The first kappa shape index (κ1) is 20.1. The molecule has 2 atom stereocenters. The van der Waals surface area contributed by atoms with Gasteiger partial charge < -0.3 is 10.2 Å². The van der Waals surface area contributed by atoms with E-state index in [0.29, 0.717) is 0 Å². The number of carbonyl (C=O) groups excluding carboxylic acids is 2. The molecule has 0 aliphatic carbocycles. The van der Waals surface area contributed by atoms with Gasteiger partial charge in [-0.1, -0.05) is 60.7 Å². The first-order chi connectivity index (χ1) is 13.5. The summed E-state index contributed by atoms with van der Waals surface area (Å²) in [5.74, 6) is 0.0393. The highest BCUT2D eigenvalue weighted by Gasteiger charge is 2.33. The van der Waals surface area contributed by atoms with Gasteiger partial charge in [-0.2, -0.15) is 0 Å². The molecule has 1 saturated heterocycles. The van der Waals surface area contributed by atoms with Crippen molar-refractivity contribution in [3.05, 3.63) is 71.8 Å². The number of hydrogen-bond donors (Lipinski definition) is 1. The molecule has 3 rings (SSSR count). The van der Waals surface area contributed by atoms with E-state index in [4.69, 9.17) is 0 Å². The first-order valence-electron chi connectivity index (χ1n) is 9.88. The van der Waals surface area contributed by atoms with Crippen LogP contribution in [0.25, 0.3) is 0 Å². The second kappa shape index (κ2) is 9.51. The average Bonchev–Trinajstić information content (AvgIpc) is 3.16. The molecular weight excluding hydrogens is 350 g/mol. The highest BCUT2D eigenvalue weighted by atomic mass is 16.2. The van der Waals surface area contributed by atoms with Gasteiger partial charge in [0.15, 0.2) is 0 Å². The molecule has 148 valence electrons. The number of carbonyl (C=O) groups is 2. The molecule has 5 heteroatoms. The van der Waals surface area contributed by atoms with Crippen molar-refractivity contribution in [2.75, 3.05) is 27.2 Å². The molecule has 0 spiro atoms. The highest BCUT2D eigenvalue weighted by Crippen LogP contribution is 2.20. The van der Waals surface area contributed by atoms with Crippen LogP contribution < -0.4 is 5.32 Å². The quantitative estimate of drug-likeness (QED) is 0.805. The number of nitrogens with zero attached hydrogens (tertiary/aromatic N) is 2. The molecule has 1 aliphatic heterocycles. The smallest absolute Gasteiger partial charge is 0.239 e. The monoisotopic (exact) mass is 379 g/mol. The van der Waals surface area contributed by atoms with Crippen LogP contribution in [0, 0.1) is 0 Å². The molecule has 1 heterocycles. The van der Waals surface area contributed by atoms with E-state index >= 15 is 0 Å². The lowest BCUT2D eigenvalue weighted by Crippen LogP contribution is -2.47. The normalized spacial score (nSPS) is 17.9. The third kappa shape index (κ3) is 5.20. The standard InChI is InChI=1S/C23H29N3O2/c1-25(2)23(28)21-14-9-15-26(21)17-22(27)24-20(19-12-7-4-8-13-19)16-18-10-5-3-6-11-18/h3-8,10-13,20-21H,9,14-17H2,1-2H3,(H,24,27). The summed E-state index contributed by atoms with van der Waals surface area (Å²) in [6.07, 6.45) is 2.50. The van der Waals surface area contributed by atoms with Crippen LogP contribution in [0.2, 0.25) is 0 Å². The third-order valence-electron chi connectivity index (χ3n) is 5.26. The average molecular weight is 380 g/mol. The van der Waals surface area contributed by atoms with Gasteiger partial charge in [-0.15, -0.1) is 0 Å². The van der Waals surface area contributed by atoms with Gasteiger partial charge in [0.2, 0.25) is 11.8 Å². The van der Waals surface area contributed by atoms with Crippen molar-refractivity contribution in [1.82, 2.24) is 15.1 Å². The first-order valence-corrected chi connectivity index (χ1v) is 9.88. The Kier molecular flexibility index (Phi) is 6.82. The van der Waals surface area contributed by atoms with Crippen molar-refractivity contribution in [2.45, 2.75) is 31.3 Å². The van der Waals surface area contributed by atoms with E-state index in [9.17, 15) is 9.59 Å². The van der Waals surface area contributed by atoms with Crippen LogP contribution in [-0.2, 0) is 16.0 Å². The Hall–Kier alpha value is -2.66. The fraction of sp³-hybridized carbons (Fsp3) is 0.391. The molecule has 1 fully saturated rings. The van der Waals surface area contributed by atoms with Crippen LogP contribution in [0.5, 0.6) is 0 Å². The summed E-state index contributed by atoms with van der Waals surface area (Å²) in [6.45, 7) is 1.04. The van der Waals surface area contributed by atoms with E-state index < -0.39 is 0 Å². The lowest BCUT2D eigenvalue weighted by atomic mass is 9.99. The molecule has 1 aliphatic rings. The molecule has 2 unspecified atom stereocenters. The maximum Gasteiger partial charge on any atom is 0.239 e. The predicted molar refractivity (Wildman–Crippen MR) is 111 cm³/mol. The van der Waals surface area contributed by atoms with Crippen molar-refractivity contribution >= 4 is 11.8 Å². The Morgan fingerprint density at radius 1 is 1.07 bits per heavy atom. The molecule has 0 bridgehead atoms. The van der Waals surface area contributed by atoms with Gasteiger partial charge in [-0.25, -0.2) is 0 Å². The molecule has 28 heavy (non-hydrogen) atoms. The van der Waals surface area contributed by atoms with E-state index in [1.165, 1.54) is 5.56 Å². The largest absolute Gasteiger partial charge is 0.348 e. The van der Waals surface area contributed by atoms with Gasteiger partial charge in [-0.3, -0.25) is 14.5 Å². The van der Waals surface area contributed by atoms with Crippen molar-refractivity contribution in [3.8, 4) is 0 Å². The summed E-state index contributed by atoms with van der Waals surface area (Å²) in [5, 5.41) is 3.19. The zero-order valence-corrected chi connectivity index (χ0v) is 16.7. The fourth-order valence-electron chi connectivity index (χ4n) is 3.80. The van der Waals surface area contributed by atoms with E-state index in [1.807, 2.05) is 53.4 Å². The second-order valence-corrected chi connectivity index (χ2v) is 7.58. The van der Waals surface area contributed by atoms with Gasteiger partial charge >= 0.3 is 0 Å². The SMILES string of the molecule is CN(C)C(=O)C1CCCN1CC(=O)NC(Cc1ccccc1)c1ccccc1. The zero-order valence-electron chi connectivity index (χ0n) is 16.7. The fourth-order valence-corrected chi connectivity index (χ4v) is 3.80. The minimum atomic E-state index is -0.190. The maximum atomic E-state index is 12.8. The van der Waals surface area contributed by atoms with Crippen LogP contribution in [0.4, 0.5) is 0 Å². The van der Waals surface area contributed by atoms with Gasteiger partial charge in [-0.05, 0) is 36.9 Å². The number of likely N-dealkylation sites (N-methyl/N-ethyl adjacent to an activating group) is 1. The third-order valence-corrected chi connectivity index (χ3v) is 5.26. The summed E-state index contributed by atoms with van der Waals surface area (Å²) in [7, 11) is 3.54. The van der Waals surface area contributed by atoms with E-state index in [1.54, 1.807) is 19.0 Å². The number of benzene rings is 2. The molecule has 2 amide bonds. The van der Waals surface area contributed by atoms with Gasteiger partial charge in [0.1, 0.15) is 0 Å². The summed E-state index contributed by atoms with van der Waals surface area (Å²) in [4.78, 5) is 28.8. The minimum Gasteiger partial charge on any atom is -0.348 e. The van der Waals surface area contributed by atoms with Gasteiger partial charge in [0.25, 0.3) is 0 Å². The molecule has 2 aromatic rings. The topological polar surface area (TPSA) is 52.7 Å². The number of amides is 2. The number of rotatable bonds is 7. The lowest BCUT2D eigenvalue weighted by Gasteiger charge is -2.27. The second-order valence-electron chi connectivity index (χ2n) is 7.58. The predicted octanol–water partition coefficient (Wildman–Crippen LogP) is 2.64. The van der Waals surface area contributed by atoms with Crippen LogP contribution in [0.3, 0.4) is 0 Å². The van der Waals surface area contributed by atoms with Crippen molar-refractivity contribution < 1.29 is 9.59 Å². The Labute approximate surface area is 167 Å². The summed E-state index contributed by atoms with van der Waals surface area (Å²) >= 11 is 0. The number of hydrogen-bond acceptors (Lipinski definition) is 3. The maximum absolute atomic E-state index is 12.8. The van der Waals surface area contributed by atoms with Crippen molar-refractivity contribution in [3.63, 3.8) is 0 Å². The van der Waals surface area contributed by atoms with Crippen LogP contribution in [0.15, 0.2) is 60.7 Å². The van der Waals surface area contributed by atoms with E-state index in [-0.39, 0.29) is 30.4 Å². The Morgan fingerprint density at radius 3 is 2.36 bits per heavy atom. The molecule has 2 aromatic carbocycles. The van der Waals surface area contributed by atoms with E-state index in [2.05, 4.69) is 17.4 Å². The molecule has 0 saturated carbocycles. The molecule has 0 radical (unpaired) electrons. The Balaban J connectivity index is 1.68. The molecule has 1 N–H and O–H groups in total. The van der Waals surface area contributed by atoms with E-state index in [0.717, 1.165) is 31.4 Å². The van der Waals surface area contributed by atoms with Crippen LogP contribution >= 0.6 is 0 Å². The molecule has 5 nitrogen and oxygen atoms in total. The van der Waals surface area contributed by atoms with Gasteiger partial charge in [0, 0.05) is 14.1 Å². The Morgan fingerprint density at radius 2 is 1.71 bits per heavy atom. The summed E-state index contributed by atoms with van der Waals surface area (Å²) in [6, 6.07) is 19.9. The molecule has 0 aromatic heterocycles. The van der Waals surface area contributed by atoms with Crippen molar-refractivity contribution in [2.24, 2.45) is 0 Å². The minimum absolute atomic E-state index is 0.0387. The highest BCUT2D eigenvalue weighted by molar-refractivity contribution is 5.84. The zero-order chi connectivity index (χ0) is 19.9. The van der Waals surface area contributed by atoms with Crippen LogP contribution in [-0.4, -0.2) is 54.8 Å². The Bertz CT molecular complexity index is 777. The van der Waals surface area contributed by atoms with Crippen molar-refractivity contribution in [1.29, 1.82) is 0 Å². The number of likely N-dealkylation sites (tertiary alicyclic amines) is 1.